The average molecular weight is 288 g/mol. The number of aromatic nitrogens is 3. The molecule has 3 rings (SSSR count). The molecule has 112 valence electrons. The van der Waals surface area contributed by atoms with Crippen molar-refractivity contribution in [1.29, 1.82) is 0 Å². The third-order valence-corrected chi connectivity index (χ3v) is 4.68. The fourth-order valence-corrected chi connectivity index (χ4v) is 3.55. The van der Waals surface area contributed by atoms with Crippen LogP contribution in [0.15, 0.2) is 0 Å². The first-order valence-corrected chi connectivity index (χ1v) is 7.15. The molecule has 1 saturated heterocycles. The Morgan fingerprint density at radius 2 is 1.95 bits per heavy atom. The molecule has 20 heavy (non-hydrogen) atoms. The van der Waals surface area contributed by atoms with Gasteiger partial charge in [-0.05, 0) is 32.7 Å². The van der Waals surface area contributed by atoms with Crippen LogP contribution in [-0.2, 0) is 5.41 Å². The van der Waals surface area contributed by atoms with Crippen LogP contribution in [0.5, 0.6) is 0 Å². The van der Waals surface area contributed by atoms with Crippen LogP contribution < -0.4 is 5.32 Å². The summed E-state index contributed by atoms with van der Waals surface area (Å²) in [6.07, 6.45) is -0.272. The predicted octanol–water partition coefficient (Wildman–Crippen LogP) is 2.50. The predicted molar refractivity (Wildman–Crippen MR) is 67.5 cm³/mol. The van der Waals surface area contributed by atoms with E-state index in [1.165, 1.54) is 0 Å². The lowest BCUT2D eigenvalue weighted by Gasteiger charge is -2.31. The van der Waals surface area contributed by atoms with Gasteiger partial charge in [-0.25, -0.2) is 0 Å². The quantitative estimate of drug-likeness (QED) is 0.909. The Balaban J connectivity index is 2.08. The largest absolute Gasteiger partial charge is 0.402 e. The zero-order valence-electron chi connectivity index (χ0n) is 11.5. The van der Waals surface area contributed by atoms with Gasteiger partial charge in [0.1, 0.15) is 17.1 Å². The van der Waals surface area contributed by atoms with E-state index in [1.54, 1.807) is 11.5 Å². The van der Waals surface area contributed by atoms with E-state index in [0.29, 0.717) is 12.4 Å². The maximum Gasteiger partial charge on any atom is 0.402 e. The van der Waals surface area contributed by atoms with Crippen molar-refractivity contribution in [2.24, 2.45) is 0 Å². The third kappa shape index (κ3) is 1.94. The van der Waals surface area contributed by atoms with E-state index in [1.807, 2.05) is 0 Å². The van der Waals surface area contributed by atoms with Crippen molar-refractivity contribution in [1.82, 2.24) is 20.1 Å². The number of hydrogen-bond donors (Lipinski definition) is 1. The molecule has 0 spiro atoms. The molecular formula is C13H19F3N4. The van der Waals surface area contributed by atoms with Gasteiger partial charge < -0.3 is 9.88 Å². The summed E-state index contributed by atoms with van der Waals surface area (Å²) >= 11 is 0. The maximum absolute atomic E-state index is 13.7. The molecule has 7 heteroatoms. The van der Waals surface area contributed by atoms with Gasteiger partial charge in [-0.1, -0.05) is 12.8 Å². The number of hydrogen-bond acceptors (Lipinski definition) is 3. The Labute approximate surface area is 115 Å². The fourth-order valence-electron chi connectivity index (χ4n) is 3.55. The molecule has 1 aliphatic heterocycles. The van der Waals surface area contributed by atoms with Crippen LogP contribution in [-0.4, -0.2) is 34.0 Å². The smallest absolute Gasteiger partial charge is 0.315 e. The molecule has 1 N–H and O–H groups in total. The van der Waals surface area contributed by atoms with E-state index >= 15 is 0 Å². The highest BCUT2D eigenvalue weighted by Gasteiger charge is 2.60. The highest BCUT2D eigenvalue weighted by atomic mass is 19.4. The van der Waals surface area contributed by atoms with E-state index < -0.39 is 11.6 Å². The second kappa shape index (κ2) is 4.72. The van der Waals surface area contributed by atoms with Crippen LogP contribution in [0.3, 0.4) is 0 Å². The molecule has 1 aromatic heterocycles. The summed E-state index contributed by atoms with van der Waals surface area (Å²) in [6.45, 7) is 2.03. The molecule has 1 unspecified atom stereocenters. The molecule has 2 heterocycles. The fraction of sp³-hybridized carbons (Fsp3) is 0.846. The molecule has 0 amide bonds. The Morgan fingerprint density at radius 1 is 1.25 bits per heavy atom. The van der Waals surface area contributed by atoms with Crippen molar-refractivity contribution in [2.75, 3.05) is 13.1 Å². The molecule has 1 aromatic rings. The van der Waals surface area contributed by atoms with E-state index in [0.717, 1.165) is 25.7 Å². The van der Waals surface area contributed by atoms with Gasteiger partial charge in [0.15, 0.2) is 0 Å². The van der Waals surface area contributed by atoms with Gasteiger partial charge >= 0.3 is 6.18 Å². The van der Waals surface area contributed by atoms with Gasteiger partial charge in [0.2, 0.25) is 0 Å². The normalized spacial score (nSPS) is 28.4. The van der Waals surface area contributed by atoms with Crippen molar-refractivity contribution in [2.45, 2.75) is 56.7 Å². The summed E-state index contributed by atoms with van der Waals surface area (Å²) in [5, 5.41) is 10.7. The molecule has 0 radical (unpaired) electrons. The molecular weight excluding hydrogens is 269 g/mol. The summed E-state index contributed by atoms with van der Waals surface area (Å²) in [7, 11) is 0. The minimum Gasteiger partial charge on any atom is -0.315 e. The van der Waals surface area contributed by atoms with Gasteiger partial charge in [-0.2, -0.15) is 13.2 Å². The lowest BCUT2D eigenvalue weighted by Crippen LogP contribution is -2.46. The van der Waals surface area contributed by atoms with Gasteiger partial charge in [0.05, 0.1) is 0 Å². The van der Waals surface area contributed by atoms with Crippen LogP contribution >= 0.6 is 0 Å². The van der Waals surface area contributed by atoms with Crippen LogP contribution in [0.25, 0.3) is 0 Å². The highest BCUT2D eigenvalue weighted by Crippen LogP contribution is 2.46. The van der Waals surface area contributed by atoms with E-state index in [-0.39, 0.29) is 24.8 Å². The second-order valence-corrected chi connectivity index (χ2v) is 5.89. The van der Waals surface area contributed by atoms with Crippen molar-refractivity contribution in [3.8, 4) is 0 Å². The Morgan fingerprint density at radius 3 is 2.50 bits per heavy atom. The molecule has 2 aliphatic rings. The standard InChI is InChI=1S/C13H19F3N4/c1-9-18-19-11(20(9)10-4-2-3-5-10)12(13(14,15)16)6-7-17-8-12/h10,17H,2-8H2,1H3. The van der Waals surface area contributed by atoms with E-state index in [2.05, 4.69) is 15.5 Å². The summed E-state index contributed by atoms with van der Waals surface area (Å²) in [4.78, 5) is 0. The lowest BCUT2D eigenvalue weighted by atomic mass is 9.85. The number of nitrogens with zero attached hydrogens (tertiary/aromatic N) is 3. The Hall–Kier alpha value is -1.11. The average Bonchev–Trinajstić information content (AvgIpc) is 3.06. The van der Waals surface area contributed by atoms with Crippen LogP contribution in [0, 0.1) is 6.92 Å². The van der Waals surface area contributed by atoms with Gasteiger partial charge in [-0.15, -0.1) is 10.2 Å². The number of aryl methyl sites for hydroxylation is 1. The molecule has 1 saturated carbocycles. The second-order valence-electron chi connectivity index (χ2n) is 5.89. The van der Waals surface area contributed by atoms with Crippen LogP contribution in [0.2, 0.25) is 0 Å². The molecule has 2 fully saturated rings. The lowest BCUT2D eigenvalue weighted by molar-refractivity contribution is -0.188. The summed E-state index contributed by atoms with van der Waals surface area (Å²) < 4.78 is 42.7. The molecule has 1 aliphatic carbocycles. The maximum atomic E-state index is 13.7. The molecule has 1 atom stereocenters. The van der Waals surface area contributed by atoms with Crippen LogP contribution in [0.4, 0.5) is 13.2 Å². The monoisotopic (exact) mass is 288 g/mol. The number of alkyl halides is 3. The Kier molecular flexibility index (Phi) is 3.27. The van der Waals surface area contributed by atoms with Crippen molar-refractivity contribution >= 4 is 0 Å². The number of halogens is 3. The molecule has 0 bridgehead atoms. The third-order valence-electron chi connectivity index (χ3n) is 4.68. The Bertz CT molecular complexity index is 482. The van der Waals surface area contributed by atoms with E-state index in [9.17, 15) is 13.2 Å². The molecule has 4 nitrogen and oxygen atoms in total. The highest BCUT2D eigenvalue weighted by molar-refractivity contribution is 5.19. The first-order chi connectivity index (χ1) is 9.46. The van der Waals surface area contributed by atoms with Crippen LogP contribution in [0.1, 0.15) is 49.8 Å². The van der Waals surface area contributed by atoms with E-state index in [4.69, 9.17) is 0 Å². The topological polar surface area (TPSA) is 42.7 Å². The number of nitrogens with one attached hydrogen (secondary N) is 1. The minimum absolute atomic E-state index is 0.0430. The van der Waals surface area contributed by atoms with Crippen molar-refractivity contribution < 1.29 is 13.2 Å². The van der Waals surface area contributed by atoms with Gasteiger partial charge in [-0.3, -0.25) is 0 Å². The summed E-state index contributed by atoms with van der Waals surface area (Å²) in [5.74, 6) is 0.710. The van der Waals surface area contributed by atoms with Crippen molar-refractivity contribution in [3.63, 3.8) is 0 Å². The minimum atomic E-state index is -4.30. The zero-order chi connectivity index (χ0) is 14.4. The summed E-state index contributed by atoms with van der Waals surface area (Å²) in [5.41, 5.74) is -1.88. The molecule has 0 aromatic carbocycles. The number of rotatable bonds is 2. The van der Waals surface area contributed by atoms with Crippen molar-refractivity contribution in [3.05, 3.63) is 11.6 Å². The summed E-state index contributed by atoms with van der Waals surface area (Å²) in [6, 6.07) is 0.125. The first kappa shape index (κ1) is 13.9. The van der Waals surface area contributed by atoms with Gasteiger partial charge in [0, 0.05) is 12.6 Å². The van der Waals surface area contributed by atoms with Gasteiger partial charge in [0.25, 0.3) is 0 Å². The first-order valence-electron chi connectivity index (χ1n) is 7.15. The zero-order valence-corrected chi connectivity index (χ0v) is 11.5. The SMILES string of the molecule is Cc1nnc(C2(C(F)(F)F)CCNC2)n1C1CCCC1.